The van der Waals surface area contributed by atoms with Gasteiger partial charge in [0.15, 0.2) is 17.7 Å². The van der Waals surface area contributed by atoms with Gasteiger partial charge in [-0.15, -0.1) is 0 Å². The van der Waals surface area contributed by atoms with E-state index in [1.54, 1.807) is 6.20 Å². The summed E-state index contributed by atoms with van der Waals surface area (Å²) in [6, 6.07) is 0.306. The molecule has 12 nitrogen and oxygen atoms in total. The van der Waals surface area contributed by atoms with Crippen molar-refractivity contribution in [2.75, 3.05) is 18.5 Å². The van der Waals surface area contributed by atoms with Gasteiger partial charge in [-0.25, -0.2) is 4.68 Å². The van der Waals surface area contributed by atoms with Crippen molar-refractivity contribution in [2.45, 2.75) is 62.4 Å². The van der Waals surface area contributed by atoms with E-state index in [4.69, 9.17) is 36.0 Å². The Morgan fingerprint density at radius 2 is 2.10 bits per heavy atom. The number of ether oxygens (including phenoxy) is 2. The molecule has 0 radical (unpaired) electrons. The topological polar surface area (TPSA) is 172 Å². The van der Waals surface area contributed by atoms with Gasteiger partial charge < -0.3 is 34.8 Å². The summed E-state index contributed by atoms with van der Waals surface area (Å²) in [5.74, 6) is -1.07. The van der Waals surface area contributed by atoms with E-state index in [9.17, 15) is 9.67 Å². The summed E-state index contributed by atoms with van der Waals surface area (Å²) in [6.07, 6.45) is 3.63. The SMILES string of the molecule is O=P(O)(O)C(CO)OC[C@@H]1C[C@@H](O)[C@H](n2ncc3c(NC4CCCC4)nc(Cl)nc32)O1. The van der Waals surface area contributed by atoms with Crippen LogP contribution in [0, 0.1) is 0 Å². The Hall–Kier alpha value is -1.37. The van der Waals surface area contributed by atoms with E-state index in [1.165, 1.54) is 4.68 Å². The fourth-order valence-corrected chi connectivity index (χ4v) is 4.65. The molecule has 2 aromatic heterocycles. The van der Waals surface area contributed by atoms with E-state index in [2.05, 4.69) is 20.4 Å². The first-order valence-electron chi connectivity index (χ1n) is 10.0. The quantitative estimate of drug-likeness (QED) is 0.271. The molecule has 1 aliphatic heterocycles. The summed E-state index contributed by atoms with van der Waals surface area (Å²) in [7, 11) is -4.61. The molecule has 2 aliphatic rings. The van der Waals surface area contributed by atoms with Crippen molar-refractivity contribution in [2.24, 2.45) is 0 Å². The van der Waals surface area contributed by atoms with Crippen molar-refractivity contribution in [3.8, 4) is 0 Å². The monoisotopic (exact) mass is 477 g/mol. The number of hydrogen-bond donors (Lipinski definition) is 5. The van der Waals surface area contributed by atoms with Crippen molar-refractivity contribution < 1.29 is 34.0 Å². The van der Waals surface area contributed by atoms with E-state index in [0.29, 0.717) is 22.9 Å². The molecule has 0 bridgehead atoms. The molecule has 1 aliphatic carbocycles. The minimum Gasteiger partial charge on any atom is -0.393 e. The maximum Gasteiger partial charge on any atom is 0.356 e. The lowest BCUT2D eigenvalue weighted by Gasteiger charge is -2.19. The van der Waals surface area contributed by atoms with Gasteiger partial charge in [0, 0.05) is 12.5 Å². The number of aliphatic hydroxyl groups excluding tert-OH is 2. The number of halogens is 1. The van der Waals surface area contributed by atoms with Gasteiger partial charge in [-0.2, -0.15) is 15.1 Å². The highest BCUT2D eigenvalue weighted by atomic mass is 35.5. The van der Waals surface area contributed by atoms with Gasteiger partial charge in [0.2, 0.25) is 5.28 Å². The molecule has 5 N–H and O–H groups in total. The van der Waals surface area contributed by atoms with Gasteiger partial charge in [0.1, 0.15) is 11.9 Å². The second kappa shape index (κ2) is 9.24. The Morgan fingerprint density at radius 1 is 1.35 bits per heavy atom. The summed E-state index contributed by atoms with van der Waals surface area (Å²) in [5.41, 5.74) is 0.398. The standard InChI is InChI=1S/C17H25ClN5O7P/c18-17-21-14(20-9-3-1-2-4-9)11-6-19-23(15(11)22-17)16-12(25)5-10(30-16)8-29-13(7-24)31(26,27)28/h6,9-10,12-13,16,24-25H,1-5,7-8H2,(H,20,21,22)(H2,26,27,28)/t10-,12+,13?,16+/m0/s1. The van der Waals surface area contributed by atoms with Crippen LogP contribution in [0.5, 0.6) is 0 Å². The largest absolute Gasteiger partial charge is 0.393 e. The second-order valence-corrected chi connectivity index (χ2v) is 9.90. The number of anilines is 1. The fourth-order valence-electron chi connectivity index (χ4n) is 3.99. The predicted molar refractivity (Wildman–Crippen MR) is 110 cm³/mol. The summed E-state index contributed by atoms with van der Waals surface area (Å²) in [5, 5.41) is 28.0. The summed E-state index contributed by atoms with van der Waals surface area (Å²) in [6.45, 7) is -1.05. The van der Waals surface area contributed by atoms with Crippen molar-refractivity contribution in [3.63, 3.8) is 0 Å². The predicted octanol–water partition coefficient (Wildman–Crippen LogP) is 0.995. The van der Waals surface area contributed by atoms with E-state index in [0.717, 1.165) is 25.7 Å². The zero-order valence-electron chi connectivity index (χ0n) is 16.5. The molecule has 31 heavy (non-hydrogen) atoms. The van der Waals surface area contributed by atoms with Gasteiger partial charge in [-0.05, 0) is 24.4 Å². The average Bonchev–Trinajstić information content (AvgIpc) is 3.41. The molecule has 0 aromatic carbocycles. The second-order valence-electron chi connectivity index (χ2n) is 7.80. The molecule has 4 rings (SSSR count). The number of rotatable bonds is 8. The minimum atomic E-state index is -4.61. The third kappa shape index (κ3) is 5.01. The zero-order chi connectivity index (χ0) is 22.2. The van der Waals surface area contributed by atoms with Crippen LogP contribution in [0.1, 0.15) is 38.3 Å². The highest BCUT2D eigenvalue weighted by molar-refractivity contribution is 7.52. The van der Waals surface area contributed by atoms with E-state index >= 15 is 0 Å². The van der Waals surface area contributed by atoms with Crippen LogP contribution in [-0.2, 0) is 14.0 Å². The first-order valence-corrected chi connectivity index (χ1v) is 12.1. The average molecular weight is 478 g/mol. The lowest BCUT2D eigenvalue weighted by molar-refractivity contribution is -0.0746. The number of hydrogen-bond acceptors (Lipinski definition) is 9. The Kier molecular flexibility index (Phi) is 6.80. The van der Waals surface area contributed by atoms with Crippen LogP contribution in [0.3, 0.4) is 0 Å². The van der Waals surface area contributed by atoms with Gasteiger partial charge in [-0.3, -0.25) is 4.57 Å². The maximum absolute atomic E-state index is 11.3. The Balaban J connectivity index is 1.50. The van der Waals surface area contributed by atoms with Crippen LogP contribution in [0.2, 0.25) is 5.28 Å². The summed E-state index contributed by atoms with van der Waals surface area (Å²) < 4.78 is 23.6. The Morgan fingerprint density at radius 3 is 2.77 bits per heavy atom. The lowest BCUT2D eigenvalue weighted by atomic mass is 10.2. The van der Waals surface area contributed by atoms with Crippen LogP contribution in [0.4, 0.5) is 5.82 Å². The van der Waals surface area contributed by atoms with Crippen LogP contribution in [0.25, 0.3) is 11.0 Å². The molecular weight excluding hydrogens is 453 g/mol. The third-order valence-corrected chi connectivity index (χ3v) is 6.77. The van der Waals surface area contributed by atoms with Crippen molar-refractivity contribution in [3.05, 3.63) is 11.5 Å². The van der Waals surface area contributed by atoms with Crippen molar-refractivity contribution in [1.29, 1.82) is 0 Å². The molecule has 2 fully saturated rings. The molecule has 1 unspecified atom stereocenters. The number of aliphatic hydroxyl groups is 2. The molecule has 2 aromatic rings. The smallest absolute Gasteiger partial charge is 0.356 e. The number of nitrogens with one attached hydrogen (secondary N) is 1. The number of nitrogens with zero attached hydrogens (tertiary/aromatic N) is 4. The highest BCUT2D eigenvalue weighted by Crippen LogP contribution is 2.42. The number of fused-ring (bicyclic) bond motifs is 1. The first kappa shape index (κ1) is 22.8. The van der Waals surface area contributed by atoms with E-state index < -0.39 is 38.5 Å². The molecule has 1 saturated carbocycles. The normalized spacial score (nSPS) is 26.0. The number of aromatic nitrogens is 4. The first-order chi connectivity index (χ1) is 14.8. The minimum absolute atomic E-state index is 0.0366. The molecule has 14 heteroatoms. The molecule has 172 valence electrons. The summed E-state index contributed by atoms with van der Waals surface area (Å²) in [4.78, 5) is 26.9. The molecular formula is C17H25ClN5O7P. The van der Waals surface area contributed by atoms with Gasteiger partial charge in [-0.1, -0.05) is 12.8 Å². The van der Waals surface area contributed by atoms with E-state index in [-0.39, 0.29) is 18.3 Å². The lowest BCUT2D eigenvalue weighted by Crippen LogP contribution is -2.25. The Bertz CT molecular complexity index is 966. The van der Waals surface area contributed by atoms with Crippen LogP contribution >= 0.6 is 19.2 Å². The van der Waals surface area contributed by atoms with Crippen molar-refractivity contribution >= 4 is 36.0 Å². The zero-order valence-corrected chi connectivity index (χ0v) is 18.2. The Labute approximate surface area is 182 Å². The molecule has 1 saturated heterocycles. The third-order valence-electron chi connectivity index (χ3n) is 5.53. The molecule has 4 atom stereocenters. The van der Waals surface area contributed by atoms with E-state index in [1.807, 2.05) is 0 Å². The highest BCUT2D eigenvalue weighted by Gasteiger charge is 2.39. The van der Waals surface area contributed by atoms with Crippen LogP contribution in [-0.4, -0.2) is 77.1 Å². The molecule has 0 amide bonds. The maximum atomic E-state index is 11.3. The van der Waals surface area contributed by atoms with Crippen LogP contribution < -0.4 is 5.32 Å². The van der Waals surface area contributed by atoms with Gasteiger partial charge >= 0.3 is 7.60 Å². The molecule has 0 spiro atoms. The van der Waals surface area contributed by atoms with Crippen LogP contribution in [0.15, 0.2) is 6.20 Å². The summed E-state index contributed by atoms with van der Waals surface area (Å²) >= 11 is 6.13. The van der Waals surface area contributed by atoms with Crippen molar-refractivity contribution in [1.82, 2.24) is 19.7 Å². The van der Waals surface area contributed by atoms with Gasteiger partial charge in [0.25, 0.3) is 0 Å². The molecule has 3 heterocycles. The fraction of sp³-hybridized carbons (Fsp3) is 0.706. The van der Waals surface area contributed by atoms with Gasteiger partial charge in [0.05, 0.1) is 30.9 Å².